The number of benzene rings is 1. The molecule has 2 amide bonds. The van der Waals surface area contributed by atoms with Crippen molar-refractivity contribution in [3.05, 3.63) is 52.4 Å². The summed E-state index contributed by atoms with van der Waals surface area (Å²) in [6.45, 7) is -0.0160. The molecule has 0 unspecified atom stereocenters. The molecule has 128 valence electrons. The molecule has 0 bridgehead atoms. The van der Waals surface area contributed by atoms with E-state index >= 15 is 0 Å². The lowest BCUT2D eigenvalue weighted by atomic mass is 10.3. The van der Waals surface area contributed by atoms with Gasteiger partial charge in [0.15, 0.2) is 6.61 Å². The maximum atomic E-state index is 12.0. The number of nitrogens with one attached hydrogen (secondary N) is 1. The van der Waals surface area contributed by atoms with Crippen LogP contribution in [0.2, 0.25) is 10.0 Å². The normalized spacial score (nSPS) is 10.3. The first kappa shape index (κ1) is 18.2. The standard InChI is InChI=1S/C16H16Cl2N2O4/c1-20(9-15(21)19-8-12-3-2-6-23-12)16(22)10-24-11-4-5-13(17)14(18)7-11/h2-7H,8-10H2,1H3,(H,19,21). The van der Waals surface area contributed by atoms with Crippen LogP contribution in [0.4, 0.5) is 0 Å². The molecule has 24 heavy (non-hydrogen) atoms. The lowest BCUT2D eigenvalue weighted by Gasteiger charge is -2.17. The highest BCUT2D eigenvalue weighted by Gasteiger charge is 2.14. The molecule has 0 fully saturated rings. The van der Waals surface area contributed by atoms with E-state index in [4.69, 9.17) is 32.4 Å². The van der Waals surface area contributed by atoms with Crippen LogP contribution in [0.3, 0.4) is 0 Å². The first-order valence-electron chi connectivity index (χ1n) is 7.06. The van der Waals surface area contributed by atoms with E-state index in [-0.39, 0.29) is 31.5 Å². The highest BCUT2D eigenvalue weighted by atomic mass is 35.5. The molecule has 1 N–H and O–H groups in total. The van der Waals surface area contributed by atoms with E-state index in [0.29, 0.717) is 21.6 Å². The van der Waals surface area contributed by atoms with Crippen LogP contribution in [0.15, 0.2) is 41.0 Å². The number of hydrogen-bond donors (Lipinski definition) is 1. The van der Waals surface area contributed by atoms with Crippen molar-refractivity contribution in [1.29, 1.82) is 0 Å². The number of carbonyl (C=O) groups excluding carboxylic acids is 2. The zero-order valence-corrected chi connectivity index (χ0v) is 14.4. The van der Waals surface area contributed by atoms with Crippen molar-refractivity contribution >= 4 is 35.0 Å². The number of amides is 2. The summed E-state index contributed by atoms with van der Waals surface area (Å²) in [7, 11) is 1.52. The number of carbonyl (C=O) groups is 2. The summed E-state index contributed by atoms with van der Waals surface area (Å²) in [6, 6.07) is 8.19. The maximum absolute atomic E-state index is 12.0. The third-order valence-electron chi connectivity index (χ3n) is 3.10. The minimum absolute atomic E-state index is 0.0791. The molecule has 2 rings (SSSR count). The number of halogens is 2. The van der Waals surface area contributed by atoms with Gasteiger partial charge in [-0.2, -0.15) is 0 Å². The summed E-state index contributed by atoms with van der Waals surface area (Å²) in [5, 5.41) is 3.40. The van der Waals surface area contributed by atoms with Gasteiger partial charge in [0.05, 0.1) is 29.4 Å². The lowest BCUT2D eigenvalue weighted by Crippen LogP contribution is -2.40. The molecule has 0 aliphatic carbocycles. The quantitative estimate of drug-likeness (QED) is 0.813. The van der Waals surface area contributed by atoms with E-state index in [1.807, 2.05) is 0 Å². The van der Waals surface area contributed by atoms with E-state index in [2.05, 4.69) is 5.32 Å². The van der Waals surface area contributed by atoms with Crippen LogP contribution < -0.4 is 10.1 Å². The van der Waals surface area contributed by atoms with Gasteiger partial charge in [0.2, 0.25) is 5.91 Å². The first-order chi connectivity index (χ1) is 11.5. The lowest BCUT2D eigenvalue weighted by molar-refractivity contribution is -0.136. The van der Waals surface area contributed by atoms with Crippen LogP contribution in [0.5, 0.6) is 5.75 Å². The van der Waals surface area contributed by atoms with E-state index in [1.165, 1.54) is 24.3 Å². The van der Waals surface area contributed by atoms with Crippen molar-refractivity contribution in [1.82, 2.24) is 10.2 Å². The Morgan fingerprint density at radius 1 is 1.25 bits per heavy atom. The van der Waals surface area contributed by atoms with Gasteiger partial charge < -0.3 is 19.4 Å². The third-order valence-corrected chi connectivity index (χ3v) is 3.84. The Kier molecular flexibility index (Phi) is 6.52. The van der Waals surface area contributed by atoms with Crippen LogP contribution in [0.1, 0.15) is 5.76 Å². The molecular weight excluding hydrogens is 355 g/mol. The van der Waals surface area contributed by atoms with Gasteiger partial charge in [-0.1, -0.05) is 23.2 Å². The molecule has 6 nitrogen and oxygen atoms in total. The van der Waals surface area contributed by atoms with Gasteiger partial charge in [-0.05, 0) is 24.3 Å². The Labute approximate surface area is 149 Å². The van der Waals surface area contributed by atoms with Crippen molar-refractivity contribution in [2.24, 2.45) is 0 Å². The predicted molar refractivity (Wildman–Crippen MR) is 90.1 cm³/mol. The minimum atomic E-state index is -0.339. The van der Waals surface area contributed by atoms with Crippen molar-refractivity contribution in [3.8, 4) is 5.75 Å². The average molecular weight is 371 g/mol. The Bertz CT molecular complexity index is 704. The molecule has 8 heteroatoms. The van der Waals surface area contributed by atoms with Gasteiger partial charge in [-0.25, -0.2) is 0 Å². The van der Waals surface area contributed by atoms with Gasteiger partial charge in [0, 0.05) is 13.1 Å². The molecule has 0 saturated carbocycles. The second-order valence-corrected chi connectivity index (χ2v) is 5.78. The van der Waals surface area contributed by atoms with E-state index in [9.17, 15) is 9.59 Å². The van der Waals surface area contributed by atoms with Gasteiger partial charge in [-0.15, -0.1) is 0 Å². The Morgan fingerprint density at radius 2 is 2.04 bits per heavy atom. The minimum Gasteiger partial charge on any atom is -0.484 e. The smallest absolute Gasteiger partial charge is 0.260 e. The largest absolute Gasteiger partial charge is 0.484 e. The molecule has 0 atom stereocenters. The summed E-state index contributed by atoms with van der Waals surface area (Å²) >= 11 is 11.7. The highest BCUT2D eigenvalue weighted by molar-refractivity contribution is 6.42. The third kappa shape index (κ3) is 5.47. The summed E-state index contributed by atoms with van der Waals surface area (Å²) in [5.74, 6) is 0.430. The monoisotopic (exact) mass is 370 g/mol. The summed E-state index contributed by atoms with van der Waals surface area (Å²) in [6.07, 6.45) is 1.53. The van der Waals surface area contributed by atoms with E-state index in [0.717, 1.165) is 0 Å². The van der Waals surface area contributed by atoms with Crippen molar-refractivity contribution in [3.63, 3.8) is 0 Å². The van der Waals surface area contributed by atoms with Crippen LogP contribution in [0, 0.1) is 0 Å². The topological polar surface area (TPSA) is 71.8 Å². The maximum Gasteiger partial charge on any atom is 0.260 e. The Morgan fingerprint density at radius 3 is 2.71 bits per heavy atom. The molecule has 0 radical (unpaired) electrons. The van der Waals surface area contributed by atoms with E-state index < -0.39 is 0 Å². The Hall–Kier alpha value is -2.18. The molecule has 0 saturated heterocycles. The van der Waals surface area contributed by atoms with Crippen molar-refractivity contribution in [2.75, 3.05) is 20.2 Å². The molecule has 0 spiro atoms. The highest BCUT2D eigenvalue weighted by Crippen LogP contribution is 2.26. The fraction of sp³-hybridized carbons (Fsp3) is 0.250. The predicted octanol–water partition coefficient (Wildman–Crippen LogP) is 2.74. The molecule has 0 aliphatic rings. The van der Waals surface area contributed by atoms with Crippen molar-refractivity contribution in [2.45, 2.75) is 6.54 Å². The number of ether oxygens (including phenoxy) is 1. The summed E-state index contributed by atoms with van der Waals surface area (Å²) < 4.78 is 10.5. The van der Waals surface area contributed by atoms with Gasteiger partial charge in [-0.3, -0.25) is 9.59 Å². The number of hydrogen-bond acceptors (Lipinski definition) is 4. The SMILES string of the molecule is CN(CC(=O)NCc1ccco1)C(=O)COc1ccc(Cl)c(Cl)c1. The average Bonchev–Trinajstić information content (AvgIpc) is 3.07. The second-order valence-electron chi connectivity index (χ2n) is 4.97. The number of rotatable bonds is 7. The molecule has 0 aliphatic heterocycles. The molecular formula is C16H16Cl2N2O4. The summed E-state index contributed by atoms with van der Waals surface area (Å²) in [4.78, 5) is 25.0. The van der Waals surface area contributed by atoms with Gasteiger partial charge in [0.25, 0.3) is 5.91 Å². The van der Waals surface area contributed by atoms with Gasteiger partial charge in [0.1, 0.15) is 11.5 Å². The second kappa shape index (κ2) is 8.61. The van der Waals surface area contributed by atoms with Crippen LogP contribution in [-0.2, 0) is 16.1 Å². The van der Waals surface area contributed by atoms with E-state index in [1.54, 1.807) is 24.3 Å². The zero-order valence-electron chi connectivity index (χ0n) is 12.9. The fourth-order valence-corrected chi connectivity index (χ4v) is 2.07. The van der Waals surface area contributed by atoms with Crippen molar-refractivity contribution < 1.29 is 18.7 Å². The summed E-state index contributed by atoms with van der Waals surface area (Å²) in [5.41, 5.74) is 0. The Balaban J connectivity index is 1.74. The fourth-order valence-electron chi connectivity index (χ4n) is 1.78. The number of furan rings is 1. The molecule has 1 aromatic heterocycles. The zero-order chi connectivity index (χ0) is 17.5. The van der Waals surface area contributed by atoms with Gasteiger partial charge >= 0.3 is 0 Å². The first-order valence-corrected chi connectivity index (χ1v) is 7.82. The van der Waals surface area contributed by atoms with Crippen LogP contribution >= 0.6 is 23.2 Å². The number of likely N-dealkylation sites (N-methyl/N-ethyl adjacent to an activating group) is 1. The molecule has 2 aromatic rings. The molecule has 1 heterocycles. The van der Waals surface area contributed by atoms with Crippen LogP contribution in [-0.4, -0.2) is 36.9 Å². The molecule has 1 aromatic carbocycles. The number of nitrogens with zero attached hydrogens (tertiary/aromatic N) is 1. The van der Waals surface area contributed by atoms with Crippen LogP contribution in [0.25, 0.3) is 0 Å².